The summed E-state index contributed by atoms with van der Waals surface area (Å²) in [5.74, 6) is 0. The highest BCUT2D eigenvalue weighted by atomic mass is 35.5. The van der Waals surface area contributed by atoms with Gasteiger partial charge in [0, 0.05) is 0 Å². The highest BCUT2D eigenvalue weighted by molar-refractivity contribution is 5.02. The number of allylic oxidation sites excluding steroid dienone is 4. The highest BCUT2D eigenvalue weighted by Crippen LogP contribution is 2.11. The summed E-state index contributed by atoms with van der Waals surface area (Å²) < 4.78 is 21.0. The summed E-state index contributed by atoms with van der Waals surface area (Å²) in [4.78, 5) is 0. The molecule has 0 saturated carbocycles. The first-order chi connectivity index (χ1) is 13.8. The SMILES string of the molecule is C1=CN(CC2CO2)[NH+](CC2CO2)C=C1.C1=CN(CC2CO2)[NH+](CC2CO2)C=C1.[Cl-].[Cl-]. The second-order valence-corrected chi connectivity index (χ2v) is 7.92. The van der Waals surface area contributed by atoms with Crippen LogP contribution in [-0.2, 0) is 18.9 Å². The molecule has 0 bridgehead atoms. The van der Waals surface area contributed by atoms with Gasteiger partial charge in [-0.15, -0.1) is 0 Å². The first-order valence-electron chi connectivity index (χ1n) is 10.2. The number of quaternary nitrogens is 2. The lowest BCUT2D eigenvalue weighted by Crippen LogP contribution is -3.14. The van der Waals surface area contributed by atoms with Crippen LogP contribution in [0.4, 0.5) is 0 Å². The molecule has 0 aromatic heterocycles. The van der Waals surface area contributed by atoms with Crippen molar-refractivity contribution in [1.29, 1.82) is 0 Å². The van der Waals surface area contributed by atoms with E-state index in [9.17, 15) is 0 Å². The van der Waals surface area contributed by atoms with Crippen LogP contribution in [0.1, 0.15) is 0 Å². The number of nitrogens with zero attached hydrogens (tertiary/aromatic N) is 2. The van der Waals surface area contributed by atoms with Gasteiger partial charge in [0.25, 0.3) is 0 Å². The van der Waals surface area contributed by atoms with Crippen molar-refractivity contribution in [2.75, 3.05) is 52.6 Å². The van der Waals surface area contributed by atoms with Crippen molar-refractivity contribution in [3.05, 3.63) is 49.1 Å². The summed E-state index contributed by atoms with van der Waals surface area (Å²) in [6.45, 7) is 7.74. The minimum absolute atomic E-state index is 0. The Morgan fingerprint density at radius 3 is 1.30 bits per heavy atom. The summed E-state index contributed by atoms with van der Waals surface area (Å²) >= 11 is 0. The number of ether oxygens (including phenoxy) is 4. The molecule has 0 aromatic rings. The molecule has 4 fully saturated rings. The van der Waals surface area contributed by atoms with Crippen molar-refractivity contribution in [1.82, 2.24) is 10.0 Å². The van der Waals surface area contributed by atoms with E-state index >= 15 is 0 Å². The molecule has 0 aromatic carbocycles. The van der Waals surface area contributed by atoms with Crippen LogP contribution in [0, 0.1) is 0 Å². The first-order valence-corrected chi connectivity index (χ1v) is 10.2. The fourth-order valence-electron chi connectivity index (χ4n) is 3.37. The van der Waals surface area contributed by atoms with Crippen LogP contribution in [0.25, 0.3) is 0 Å². The second kappa shape index (κ2) is 11.0. The maximum atomic E-state index is 5.24. The maximum Gasteiger partial charge on any atom is 0.133 e. The number of hydrogen-bond donors (Lipinski definition) is 2. The number of nitrogens with one attached hydrogen (secondary N) is 2. The third kappa shape index (κ3) is 7.55. The van der Waals surface area contributed by atoms with Crippen molar-refractivity contribution in [2.24, 2.45) is 0 Å². The van der Waals surface area contributed by atoms with Crippen molar-refractivity contribution < 1.29 is 53.8 Å². The lowest BCUT2D eigenvalue weighted by Gasteiger charge is -2.27. The Bertz CT molecular complexity index is 549. The van der Waals surface area contributed by atoms with Crippen molar-refractivity contribution in [3.8, 4) is 0 Å². The fraction of sp³-hybridized carbons (Fsp3) is 0.600. The lowest BCUT2D eigenvalue weighted by molar-refractivity contribution is -0.963. The quantitative estimate of drug-likeness (QED) is 0.351. The van der Waals surface area contributed by atoms with Gasteiger partial charge in [0.1, 0.15) is 49.9 Å². The normalized spacial score (nSPS) is 36.3. The summed E-state index contributed by atoms with van der Waals surface area (Å²) in [6, 6.07) is 0. The van der Waals surface area contributed by atoms with Crippen LogP contribution < -0.4 is 34.8 Å². The monoisotopic (exact) mass is 460 g/mol. The number of hydrogen-bond acceptors (Lipinski definition) is 6. The maximum absolute atomic E-state index is 5.24. The Morgan fingerprint density at radius 2 is 0.967 bits per heavy atom. The molecule has 0 spiro atoms. The van der Waals surface area contributed by atoms with E-state index in [2.05, 4.69) is 59.1 Å². The highest BCUT2D eigenvalue weighted by Gasteiger charge is 2.34. The van der Waals surface area contributed by atoms with Gasteiger partial charge in [0.2, 0.25) is 0 Å². The minimum Gasteiger partial charge on any atom is -1.00 e. The summed E-state index contributed by atoms with van der Waals surface area (Å²) in [5.41, 5.74) is 0. The molecule has 6 heterocycles. The molecule has 6 unspecified atom stereocenters. The van der Waals surface area contributed by atoms with Gasteiger partial charge < -0.3 is 43.8 Å². The van der Waals surface area contributed by atoms with Crippen LogP contribution in [0.2, 0.25) is 0 Å². The predicted octanol–water partition coefficient (Wildman–Crippen LogP) is -8.14. The Balaban J connectivity index is 0.000000160. The van der Waals surface area contributed by atoms with Crippen molar-refractivity contribution in [2.45, 2.75) is 24.4 Å². The van der Waals surface area contributed by atoms with E-state index in [0.717, 1.165) is 52.6 Å². The van der Waals surface area contributed by atoms with Gasteiger partial charge in [0.05, 0.1) is 51.9 Å². The molecule has 0 amide bonds. The molecule has 6 rings (SSSR count). The van der Waals surface area contributed by atoms with Crippen LogP contribution in [0.5, 0.6) is 0 Å². The van der Waals surface area contributed by atoms with Gasteiger partial charge in [-0.3, -0.25) is 0 Å². The second-order valence-electron chi connectivity index (χ2n) is 7.92. The molecule has 2 N–H and O–H groups in total. The molecule has 6 aliphatic heterocycles. The molecule has 6 aliphatic rings. The fourth-order valence-corrected chi connectivity index (χ4v) is 3.37. The van der Waals surface area contributed by atoms with Crippen molar-refractivity contribution >= 4 is 0 Å². The Kier molecular flexibility index (Phi) is 8.62. The number of halogens is 2. The molecule has 10 heteroatoms. The van der Waals surface area contributed by atoms with Gasteiger partial charge in [-0.05, 0) is 24.3 Å². The first kappa shape index (κ1) is 23.6. The zero-order valence-electron chi connectivity index (χ0n) is 16.9. The average molecular weight is 461 g/mol. The van der Waals surface area contributed by atoms with Crippen LogP contribution >= 0.6 is 0 Å². The predicted molar refractivity (Wildman–Crippen MR) is 101 cm³/mol. The number of rotatable bonds is 8. The molecular formula is C20H30Cl2N4O4. The Labute approximate surface area is 190 Å². The summed E-state index contributed by atoms with van der Waals surface area (Å²) in [6.07, 6.45) is 18.7. The minimum atomic E-state index is 0. The zero-order valence-corrected chi connectivity index (χ0v) is 18.4. The third-order valence-corrected chi connectivity index (χ3v) is 5.35. The molecule has 8 nitrogen and oxygen atoms in total. The van der Waals surface area contributed by atoms with E-state index in [-0.39, 0.29) is 24.8 Å². The van der Waals surface area contributed by atoms with E-state index in [1.165, 1.54) is 10.0 Å². The average Bonchev–Trinajstić information content (AvgIpc) is 3.54. The smallest absolute Gasteiger partial charge is 0.133 e. The third-order valence-electron chi connectivity index (χ3n) is 5.35. The van der Waals surface area contributed by atoms with E-state index in [4.69, 9.17) is 18.9 Å². The van der Waals surface area contributed by atoms with Gasteiger partial charge in [-0.25, -0.2) is 20.0 Å². The molecule has 0 aliphatic carbocycles. The standard InChI is InChI=1S/2C10H14N2O2.2ClH/c2*1-2-4-12(6-10-8-14-10)11(3-1)5-9-7-13-9;;/h2*1-4,9-10H,5-8H2;2*1H. The van der Waals surface area contributed by atoms with E-state index in [1.54, 1.807) is 0 Å². The zero-order chi connectivity index (χ0) is 18.8. The number of epoxide rings is 4. The molecule has 0 radical (unpaired) electrons. The van der Waals surface area contributed by atoms with Crippen LogP contribution in [0.3, 0.4) is 0 Å². The topological polar surface area (TPSA) is 65.5 Å². The van der Waals surface area contributed by atoms with Gasteiger partial charge in [-0.2, -0.15) is 0 Å². The Hall–Kier alpha value is -1.10. The van der Waals surface area contributed by atoms with Crippen LogP contribution in [0.15, 0.2) is 49.1 Å². The van der Waals surface area contributed by atoms with Gasteiger partial charge in [0.15, 0.2) is 0 Å². The van der Waals surface area contributed by atoms with Gasteiger partial charge in [-0.1, -0.05) is 0 Å². The van der Waals surface area contributed by atoms with Crippen LogP contribution in [-0.4, -0.2) is 87.0 Å². The van der Waals surface area contributed by atoms with Gasteiger partial charge >= 0.3 is 0 Å². The molecule has 6 atom stereocenters. The molecule has 30 heavy (non-hydrogen) atoms. The largest absolute Gasteiger partial charge is 1.00 e. The van der Waals surface area contributed by atoms with E-state index < -0.39 is 0 Å². The van der Waals surface area contributed by atoms with E-state index in [1.807, 2.05) is 0 Å². The van der Waals surface area contributed by atoms with Crippen molar-refractivity contribution in [3.63, 3.8) is 0 Å². The molecular weight excluding hydrogens is 431 g/mol. The summed E-state index contributed by atoms with van der Waals surface area (Å²) in [7, 11) is 0. The lowest BCUT2D eigenvalue weighted by atomic mass is 10.4. The molecule has 4 saturated heterocycles. The molecule has 168 valence electrons. The Morgan fingerprint density at radius 1 is 0.600 bits per heavy atom. The summed E-state index contributed by atoms with van der Waals surface area (Å²) in [5, 5.41) is 7.26. The van der Waals surface area contributed by atoms with E-state index in [0.29, 0.717) is 24.4 Å².